The maximum absolute atomic E-state index is 10.4. The van der Waals surface area contributed by atoms with Crippen molar-refractivity contribution in [2.75, 3.05) is 6.61 Å². The Hall–Kier alpha value is -1.46. The fourth-order valence-electron chi connectivity index (χ4n) is 1.34. The number of aliphatic hydroxyl groups is 1. The Balaban J connectivity index is 2.93. The number of nitro groups is 1. The molecule has 0 aromatic heterocycles. The van der Waals surface area contributed by atoms with Crippen molar-refractivity contribution in [3.05, 3.63) is 39.9 Å². The fraction of sp³-hybridized carbons (Fsp3) is 0.400. The van der Waals surface area contributed by atoms with Crippen molar-refractivity contribution < 1.29 is 10.0 Å². The number of non-ortho nitro benzene ring substituents is 1. The zero-order valence-corrected chi connectivity index (χ0v) is 8.51. The molecule has 1 aromatic carbocycles. The van der Waals surface area contributed by atoms with Crippen LogP contribution in [0.5, 0.6) is 0 Å². The van der Waals surface area contributed by atoms with E-state index in [9.17, 15) is 10.1 Å². The van der Waals surface area contributed by atoms with E-state index in [1.165, 1.54) is 12.1 Å². The normalized spacial score (nSPS) is 14.6. The Labute approximate surface area is 87.7 Å². The second-order valence-electron chi connectivity index (χ2n) is 3.70. The van der Waals surface area contributed by atoms with E-state index in [1.54, 1.807) is 19.1 Å². The molecule has 1 aromatic rings. The lowest BCUT2D eigenvalue weighted by Gasteiger charge is -2.23. The summed E-state index contributed by atoms with van der Waals surface area (Å²) in [5.74, 6) is 0. The number of hydrogen-bond acceptors (Lipinski definition) is 4. The first-order valence-electron chi connectivity index (χ1n) is 4.62. The van der Waals surface area contributed by atoms with E-state index >= 15 is 0 Å². The maximum Gasteiger partial charge on any atom is 0.269 e. The summed E-state index contributed by atoms with van der Waals surface area (Å²) in [6.45, 7) is 1.77. The number of rotatable bonds is 4. The number of hydrogen-bond donors (Lipinski definition) is 2. The highest BCUT2D eigenvalue weighted by Crippen LogP contribution is 2.23. The van der Waals surface area contributed by atoms with Gasteiger partial charge in [0.25, 0.3) is 5.69 Å². The van der Waals surface area contributed by atoms with E-state index in [1.807, 2.05) is 0 Å². The molecule has 3 N–H and O–H groups in total. The molecule has 0 heterocycles. The van der Waals surface area contributed by atoms with Gasteiger partial charge in [0.15, 0.2) is 0 Å². The average molecular weight is 210 g/mol. The highest BCUT2D eigenvalue weighted by molar-refractivity contribution is 5.35. The van der Waals surface area contributed by atoms with Crippen molar-refractivity contribution in [2.45, 2.75) is 18.9 Å². The van der Waals surface area contributed by atoms with E-state index in [4.69, 9.17) is 10.8 Å². The number of aliphatic hydroxyl groups excluding tert-OH is 1. The van der Waals surface area contributed by atoms with Gasteiger partial charge in [-0.2, -0.15) is 0 Å². The lowest BCUT2D eigenvalue weighted by atomic mass is 9.90. The zero-order chi connectivity index (χ0) is 11.5. The number of benzene rings is 1. The van der Waals surface area contributed by atoms with Crippen LogP contribution in [0, 0.1) is 10.1 Å². The highest BCUT2D eigenvalue weighted by Gasteiger charge is 2.20. The van der Waals surface area contributed by atoms with Crippen LogP contribution >= 0.6 is 0 Å². The summed E-state index contributed by atoms with van der Waals surface area (Å²) in [5.41, 5.74) is 6.12. The Morgan fingerprint density at radius 1 is 1.47 bits per heavy atom. The van der Waals surface area contributed by atoms with Gasteiger partial charge < -0.3 is 10.8 Å². The molecule has 0 spiro atoms. The van der Waals surface area contributed by atoms with Crippen LogP contribution in [0.15, 0.2) is 24.3 Å². The van der Waals surface area contributed by atoms with Crippen molar-refractivity contribution >= 4 is 5.69 Å². The number of nitrogens with zero attached hydrogens (tertiary/aromatic N) is 1. The average Bonchev–Trinajstić information content (AvgIpc) is 2.18. The van der Waals surface area contributed by atoms with Crippen LogP contribution in [-0.2, 0) is 5.54 Å². The molecule has 5 nitrogen and oxygen atoms in total. The minimum absolute atomic E-state index is 0.00993. The van der Waals surface area contributed by atoms with Crippen LogP contribution in [0.25, 0.3) is 0 Å². The van der Waals surface area contributed by atoms with Gasteiger partial charge in [0.05, 0.1) is 4.92 Å². The first-order valence-corrected chi connectivity index (χ1v) is 4.62. The molecule has 0 fully saturated rings. The Kier molecular flexibility index (Phi) is 3.39. The highest BCUT2D eigenvalue weighted by atomic mass is 16.6. The number of nitrogens with two attached hydrogens (primary N) is 1. The van der Waals surface area contributed by atoms with Crippen LogP contribution in [0.2, 0.25) is 0 Å². The molecule has 0 aliphatic heterocycles. The summed E-state index contributed by atoms with van der Waals surface area (Å²) in [7, 11) is 0. The Bertz CT molecular complexity index is 346. The van der Waals surface area contributed by atoms with E-state index in [0.717, 1.165) is 5.56 Å². The van der Waals surface area contributed by atoms with Gasteiger partial charge in [-0.15, -0.1) is 0 Å². The molecule has 0 saturated heterocycles. The summed E-state index contributed by atoms with van der Waals surface area (Å²) >= 11 is 0. The van der Waals surface area contributed by atoms with Crippen molar-refractivity contribution in [3.8, 4) is 0 Å². The van der Waals surface area contributed by atoms with Crippen molar-refractivity contribution in [3.63, 3.8) is 0 Å². The molecule has 0 amide bonds. The van der Waals surface area contributed by atoms with Crippen LogP contribution < -0.4 is 5.73 Å². The molecule has 0 aliphatic rings. The summed E-state index contributed by atoms with van der Waals surface area (Å²) in [5, 5.41) is 19.2. The standard InChI is InChI=1S/C10H14N2O3/c1-10(11,6-7-13)8-2-4-9(5-3-8)12(14)15/h2-5,13H,6-7,11H2,1H3/t10-/m1/s1. The second-order valence-corrected chi connectivity index (χ2v) is 3.70. The predicted molar refractivity (Wildman–Crippen MR) is 56.3 cm³/mol. The van der Waals surface area contributed by atoms with Crippen LogP contribution in [0.4, 0.5) is 5.69 Å². The van der Waals surface area contributed by atoms with E-state index in [2.05, 4.69) is 0 Å². The third-order valence-corrected chi connectivity index (χ3v) is 2.37. The minimum Gasteiger partial charge on any atom is -0.396 e. The summed E-state index contributed by atoms with van der Waals surface area (Å²) in [6.07, 6.45) is 0.421. The topological polar surface area (TPSA) is 89.4 Å². The molecule has 0 radical (unpaired) electrons. The van der Waals surface area contributed by atoms with Gasteiger partial charge >= 0.3 is 0 Å². The lowest BCUT2D eigenvalue weighted by molar-refractivity contribution is -0.384. The third-order valence-electron chi connectivity index (χ3n) is 2.37. The second kappa shape index (κ2) is 4.37. The molecule has 82 valence electrons. The molecule has 0 unspecified atom stereocenters. The van der Waals surface area contributed by atoms with Gasteiger partial charge in [0.2, 0.25) is 0 Å². The summed E-state index contributed by atoms with van der Waals surface area (Å²) in [4.78, 5) is 9.97. The molecule has 0 aliphatic carbocycles. The Morgan fingerprint density at radius 3 is 2.40 bits per heavy atom. The van der Waals surface area contributed by atoms with Gasteiger partial charge in [-0.1, -0.05) is 12.1 Å². The SMILES string of the molecule is C[C@@](N)(CCO)c1ccc([N+](=O)[O-])cc1. The zero-order valence-electron chi connectivity index (χ0n) is 8.51. The predicted octanol–water partition coefficient (Wildman–Crippen LogP) is 1.15. The van der Waals surface area contributed by atoms with E-state index in [-0.39, 0.29) is 12.3 Å². The molecule has 1 rings (SSSR count). The maximum atomic E-state index is 10.4. The Morgan fingerprint density at radius 2 is 2.00 bits per heavy atom. The lowest BCUT2D eigenvalue weighted by Crippen LogP contribution is -2.33. The third kappa shape index (κ3) is 2.74. The van der Waals surface area contributed by atoms with Gasteiger partial charge in [0, 0.05) is 24.3 Å². The van der Waals surface area contributed by atoms with Crippen LogP contribution in [0.3, 0.4) is 0 Å². The first kappa shape index (κ1) is 11.6. The van der Waals surface area contributed by atoms with Gasteiger partial charge in [-0.25, -0.2) is 0 Å². The molecule has 0 saturated carbocycles. The summed E-state index contributed by atoms with van der Waals surface area (Å²) < 4.78 is 0. The van der Waals surface area contributed by atoms with Crippen molar-refractivity contribution in [1.29, 1.82) is 0 Å². The van der Waals surface area contributed by atoms with E-state index < -0.39 is 10.5 Å². The molecule has 0 bridgehead atoms. The summed E-state index contributed by atoms with van der Waals surface area (Å²) in [6, 6.07) is 6.07. The fourth-order valence-corrected chi connectivity index (χ4v) is 1.34. The van der Waals surface area contributed by atoms with Crippen molar-refractivity contribution in [2.24, 2.45) is 5.73 Å². The largest absolute Gasteiger partial charge is 0.396 e. The van der Waals surface area contributed by atoms with Crippen LogP contribution in [-0.4, -0.2) is 16.6 Å². The first-order chi connectivity index (χ1) is 6.97. The molecule has 5 heteroatoms. The number of nitro benzene ring substituents is 1. The molecular weight excluding hydrogens is 196 g/mol. The van der Waals surface area contributed by atoms with Crippen LogP contribution in [0.1, 0.15) is 18.9 Å². The van der Waals surface area contributed by atoms with Gasteiger partial charge in [0.1, 0.15) is 0 Å². The minimum atomic E-state index is -0.649. The quantitative estimate of drug-likeness (QED) is 0.576. The smallest absolute Gasteiger partial charge is 0.269 e. The van der Waals surface area contributed by atoms with Gasteiger partial charge in [-0.3, -0.25) is 10.1 Å². The molecular formula is C10H14N2O3. The van der Waals surface area contributed by atoms with E-state index in [0.29, 0.717) is 6.42 Å². The van der Waals surface area contributed by atoms with Gasteiger partial charge in [-0.05, 0) is 18.9 Å². The monoisotopic (exact) mass is 210 g/mol. The van der Waals surface area contributed by atoms with Crippen molar-refractivity contribution in [1.82, 2.24) is 0 Å². The molecule has 15 heavy (non-hydrogen) atoms. The molecule has 1 atom stereocenters.